The molecule has 2 N–H and O–H groups in total. The smallest absolute Gasteiger partial charge is 0.243 e. The van der Waals surface area contributed by atoms with Gasteiger partial charge in [-0.15, -0.1) is 0 Å². The molecule has 2 rings (SSSR count). The van der Waals surface area contributed by atoms with Gasteiger partial charge in [0.25, 0.3) is 0 Å². The van der Waals surface area contributed by atoms with Crippen LogP contribution in [0.4, 0.5) is 11.4 Å². The zero-order chi connectivity index (χ0) is 17.5. The van der Waals surface area contributed by atoms with Gasteiger partial charge in [0.2, 0.25) is 5.91 Å². The van der Waals surface area contributed by atoms with Crippen LogP contribution in [-0.2, 0) is 4.79 Å². The highest BCUT2D eigenvalue weighted by Crippen LogP contribution is 2.28. The normalized spacial score (nSPS) is 9.96. The largest absolute Gasteiger partial charge is 0.497 e. The standard InChI is InChI=1S/C18H20N2O4/c1-12(21)13-5-4-6-14(9-13)20-18(22)11-19-16-8-7-15(23-2)10-17(16)24-3/h4-10,19H,11H2,1-3H3,(H,20,22). The lowest BCUT2D eigenvalue weighted by Gasteiger charge is -2.12. The van der Waals surface area contributed by atoms with Crippen molar-refractivity contribution < 1.29 is 19.1 Å². The molecule has 0 saturated carbocycles. The number of methoxy groups -OCH3 is 2. The highest BCUT2D eigenvalue weighted by atomic mass is 16.5. The van der Waals surface area contributed by atoms with E-state index in [4.69, 9.17) is 9.47 Å². The summed E-state index contributed by atoms with van der Waals surface area (Å²) in [5.41, 5.74) is 1.82. The van der Waals surface area contributed by atoms with Gasteiger partial charge in [0.15, 0.2) is 5.78 Å². The number of Topliss-reactive ketones (excluding diaryl/α,β-unsaturated/α-hetero) is 1. The molecule has 126 valence electrons. The molecule has 6 heteroatoms. The van der Waals surface area contributed by atoms with E-state index in [9.17, 15) is 9.59 Å². The predicted octanol–water partition coefficient (Wildman–Crippen LogP) is 2.96. The van der Waals surface area contributed by atoms with Crippen LogP contribution in [-0.4, -0.2) is 32.5 Å². The number of ketones is 1. The molecule has 2 aromatic carbocycles. The molecule has 0 aliphatic carbocycles. The van der Waals surface area contributed by atoms with E-state index in [1.54, 1.807) is 56.7 Å². The summed E-state index contributed by atoms with van der Waals surface area (Å²) in [6, 6.07) is 12.1. The fourth-order valence-corrected chi connectivity index (χ4v) is 2.14. The van der Waals surface area contributed by atoms with Crippen LogP contribution in [0.3, 0.4) is 0 Å². The van der Waals surface area contributed by atoms with Crippen molar-refractivity contribution in [3.8, 4) is 11.5 Å². The summed E-state index contributed by atoms with van der Waals surface area (Å²) in [7, 11) is 3.12. The Bertz CT molecular complexity index is 744. The third kappa shape index (κ3) is 4.49. The van der Waals surface area contributed by atoms with Gasteiger partial charge >= 0.3 is 0 Å². The van der Waals surface area contributed by atoms with Crippen molar-refractivity contribution in [2.45, 2.75) is 6.92 Å². The van der Waals surface area contributed by atoms with Crippen LogP contribution in [0.2, 0.25) is 0 Å². The second-order valence-electron chi connectivity index (χ2n) is 5.10. The molecule has 0 aromatic heterocycles. The monoisotopic (exact) mass is 328 g/mol. The molecule has 0 bridgehead atoms. The fourth-order valence-electron chi connectivity index (χ4n) is 2.14. The van der Waals surface area contributed by atoms with Crippen molar-refractivity contribution in [1.29, 1.82) is 0 Å². The van der Waals surface area contributed by atoms with E-state index < -0.39 is 0 Å². The van der Waals surface area contributed by atoms with E-state index >= 15 is 0 Å². The molecule has 0 atom stereocenters. The Labute approximate surface area is 140 Å². The minimum absolute atomic E-state index is 0.0489. The van der Waals surface area contributed by atoms with Crippen LogP contribution < -0.4 is 20.1 Å². The molecule has 0 aliphatic heterocycles. The molecule has 1 amide bonds. The Balaban J connectivity index is 1.98. The molecule has 0 fully saturated rings. The number of hydrogen-bond donors (Lipinski definition) is 2. The van der Waals surface area contributed by atoms with Gasteiger partial charge in [-0.3, -0.25) is 9.59 Å². The number of carbonyl (C=O) groups is 2. The van der Waals surface area contributed by atoms with Gasteiger partial charge in [0.1, 0.15) is 11.5 Å². The molecule has 0 radical (unpaired) electrons. The second-order valence-corrected chi connectivity index (χ2v) is 5.10. The topological polar surface area (TPSA) is 76.7 Å². The molecule has 0 unspecified atom stereocenters. The summed E-state index contributed by atoms with van der Waals surface area (Å²) in [5, 5.41) is 5.76. The average Bonchev–Trinajstić information content (AvgIpc) is 2.60. The van der Waals surface area contributed by atoms with Gasteiger partial charge in [0, 0.05) is 17.3 Å². The van der Waals surface area contributed by atoms with E-state index in [0.29, 0.717) is 28.4 Å². The highest BCUT2D eigenvalue weighted by molar-refractivity contribution is 5.98. The Morgan fingerprint density at radius 3 is 2.50 bits per heavy atom. The number of nitrogens with one attached hydrogen (secondary N) is 2. The third-order valence-corrected chi connectivity index (χ3v) is 3.40. The molecular formula is C18H20N2O4. The number of amides is 1. The quantitative estimate of drug-likeness (QED) is 0.764. The molecule has 0 heterocycles. The van der Waals surface area contributed by atoms with E-state index in [1.807, 2.05) is 0 Å². The van der Waals surface area contributed by atoms with Crippen LogP contribution in [0, 0.1) is 0 Å². The Morgan fingerprint density at radius 2 is 1.83 bits per heavy atom. The maximum Gasteiger partial charge on any atom is 0.243 e. The zero-order valence-corrected chi connectivity index (χ0v) is 13.9. The van der Waals surface area contributed by atoms with Gasteiger partial charge in [-0.05, 0) is 31.2 Å². The summed E-state index contributed by atoms with van der Waals surface area (Å²) in [5.74, 6) is 0.976. The average molecular weight is 328 g/mol. The first-order valence-electron chi connectivity index (χ1n) is 7.40. The Hall–Kier alpha value is -3.02. The highest BCUT2D eigenvalue weighted by Gasteiger charge is 2.08. The molecule has 2 aromatic rings. The lowest BCUT2D eigenvalue weighted by Crippen LogP contribution is -2.22. The van der Waals surface area contributed by atoms with Crippen molar-refractivity contribution in [1.82, 2.24) is 0 Å². The van der Waals surface area contributed by atoms with Crippen molar-refractivity contribution in [3.05, 3.63) is 48.0 Å². The maximum absolute atomic E-state index is 12.1. The maximum atomic E-state index is 12.1. The summed E-state index contributed by atoms with van der Waals surface area (Å²) in [4.78, 5) is 23.4. The first-order chi connectivity index (χ1) is 11.5. The van der Waals surface area contributed by atoms with Crippen molar-refractivity contribution in [2.75, 3.05) is 31.4 Å². The van der Waals surface area contributed by atoms with Gasteiger partial charge < -0.3 is 20.1 Å². The first kappa shape index (κ1) is 17.3. The predicted molar refractivity (Wildman–Crippen MR) is 93.1 cm³/mol. The van der Waals surface area contributed by atoms with Crippen LogP contribution in [0.1, 0.15) is 17.3 Å². The van der Waals surface area contributed by atoms with Gasteiger partial charge in [-0.25, -0.2) is 0 Å². The SMILES string of the molecule is COc1ccc(NCC(=O)Nc2cccc(C(C)=O)c2)c(OC)c1. The molecular weight excluding hydrogens is 308 g/mol. The third-order valence-electron chi connectivity index (χ3n) is 3.40. The van der Waals surface area contributed by atoms with Crippen molar-refractivity contribution in [3.63, 3.8) is 0 Å². The number of hydrogen-bond acceptors (Lipinski definition) is 5. The number of anilines is 2. The molecule has 24 heavy (non-hydrogen) atoms. The van der Waals surface area contributed by atoms with E-state index in [2.05, 4.69) is 10.6 Å². The lowest BCUT2D eigenvalue weighted by molar-refractivity contribution is -0.114. The molecule has 6 nitrogen and oxygen atoms in total. The van der Waals surface area contributed by atoms with Crippen LogP contribution >= 0.6 is 0 Å². The van der Waals surface area contributed by atoms with Gasteiger partial charge in [-0.1, -0.05) is 12.1 Å². The minimum Gasteiger partial charge on any atom is -0.497 e. The van der Waals surface area contributed by atoms with E-state index in [-0.39, 0.29) is 18.2 Å². The lowest BCUT2D eigenvalue weighted by atomic mass is 10.1. The van der Waals surface area contributed by atoms with E-state index in [1.165, 1.54) is 6.92 Å². The minimum atomic E-state index is -0.228. The Morgan fingerprint density at radius 1 is 1.04 bits per heavy atom. The number of carbonyl (C=O) groups excluding carboxylic acids is 2. The van der Waals surface area contributed by atoms with Crippen LogP contribution in [0.15, 0.2) is 42.5 Å². The van der Waals surface area contributed by atoms with E-state index in [0.717, 1.165) is 0 Å². The van der Waals surface area contributed by atoms with Gasteiger partial charge in [0.05, 0.1) is 26.5 Å². The van der Waals surface area contributed by atoms with Crippen molar-refractivity contribution >= 4 is 23.1 Å². The number of ether oxygens (including phenoxy) is 2. The molecule has 0 saturated heterocycles. The van der Waals surface area contributed by atoms with Crippen LogP contribution in [0.25, 0.3) is 0 Å². The summed E-state index contributed by atoms with van der Waals surface area (Å²) < 4.78 is 10.4. The summed E-state index contributed by atoms with van der Waals surface area (Å²) >= 11 is 0. The number of rotatable bonds is 7. The van der Waals surface area contributed by atoms with Gasteiger partial charge in [-0.2, -0.15) is 0 Å². The molecule has 0 aliphatic rings. The number of benzene rings is 2. The summed E-state index contributed by atoms with van der Waals surface area (Å²) in [6.07, 6.45) is 0. The Kier molecular flexibility index (Phi) is 5.78. The molecule has 0 spiro atoms. The summed E-state index contributed by atoms with van der Waals surface area (Å²) in [6.45, 7) is 1.55. The fraction of sp³-hybridized carbons (Fsp3) is 0.222. The first-order valence-corrected chi connectivity index (χ1v) is 7.40. The van der Waals surface area contributed by atoms with Crippen molar-refractivity contribution in [2.24, 2.45) is 0 Å². The van der Waals surface area contributed by atoms with Crippen LogP contribution in [0.5, 0.6) is 11.5 Å². The zero-order valence-electron chi connectivity index (χ0n) is 13.9. The second kappa shape index (κ2) is 8.01.